The quantitative estimate of drug-likeness (QED) is 0.729. The van der Waals surface area contributed by atoms with E-state index in [1.54, 1.807) is 0 Å². The van der Waals surface area contributed by atoms with Crippen LogP contribution in [0.3, 0.4) is 0 Å². The van der Waals surface area contributed by atoms with Crippen molar-refractivity contribution in [1.82, 2.24) is 4.57 Å². The maximum absolute atomic E-state index is 2.47. The highest BCUT2D eigenvalue weighted by Crippen LogP contribution is 2.30. The first kappa shape index (κ1) is 11.5. The first-order valence-electron chi connectivity index (χ1n) is 5.92. The molecule has 0 amide bonds. The summed E-state index contributed by atoms with van der Waals surface area (Å²) in [5.41, 5.74) is 2.73. The van der Waals surface area contributed by atoms with Crippen molar-refractivity contribution in [3.8, 4) is 0 Å². The summed E-state index contributed by atoms with van der Waals surface area (Å²) in [6, 6.07) is 9.36. The average molecular weight is 233 g/mol. The Labute approximate surface area is 102 Å². The third kappa shape index (κ3) is 2.07. The highest BCUT2D eigenvalue weighted by atomic mass is 32.1. The summed E-state index contributed by atoms with van der Waals surface area (Å²) in [7, 11) is 0. The first-order valence-corrected chi connectivity index (χ1v) is 6.79. The van der Waals surface area contributed by atoms with Gasteiger partial charge in [0.05, 0.1) is 6.04 Å². The largest absolute Gasteiger partial charge is 0.341 e. The molecule has 0 aromatic carbocycles. The Bertz CT molecular complexity index is 420. The zero-order valence-corrected chi connectivity index (χ0v) is 11.1. The number of hydrogen-bond donors (Lipinski definition) is 0. The van der Waals surface area contributed by atoms with E-state index in [0.717, 1.165) is 0 Å². The van der Waals surface area contributed by atoms with Crippen LogP contribution >= 0.6 is 11.3 Å². The van der Waals surface area contributed by atoms with Gasteiger partial charge in [0.2, 0.25) is 0 Å². The number of aryl methyl sites for hydroxylation is 2. The fraction of sp³-hybridized carbons (Fsp3) is 0.429. The second-order valence-corrected chi connectivity index (χ2v) is 5.29. The van der Waals surface area contributed by atoms with Gasteiger partial charge in [-0.25, -0.2) is 0 Å². The Morgan fingerprint density at radius 3 is 2.38 bits per heavy atom. The lowest BCUT2D eigenvalue weighted by Crippen LogP contribution is -2.12. The summed E-state index contributed by atoms with van der Waals surface area (Å²) in [6.07, 6.45) is 2.44. The molecular weight excluding hydrogens is 214 g/mol. The molecule has 86 valence electrons. The van der Waals surface area contributed by atoms with Crippen molar-refractivity contribution >= 4 is 11.3 Å². The van der Waals surface area contributed by atoms with E-state index < -0.39 is 0 Å². The molecule has 0 aliphatic rings. The van der Waals surface area contributed by atoms with Crippen molar-refractivity contribution in [3.63, 3.8) is 0 Å². The number of thiophene rings is 1. The van der Waals surface area contributed by atoms with Crippen LogP contribution < -0.4 is 0 Å². The smallest absolute Gasteiger partial charge is 0.0677 e. The Morgan fingerprint density at radius 2 is 1.88 bits per heavy atom. The van der Waals surface area contributed by atoms with Gasteiger partial charge in [-0.3, -0.25) is 0 Å². The standard InChI is InChI=1S/C14H19NS/c1-4-6-13(14-7-5-10-16-14)15-11(2)8-9-12(15)3/h5,7-10,13H,4,6H2,1-3H3. The lowest BCUT2D eigenvalue weighted by Gasteiger charge is -2.21. The monoisotopic (exact) mass is 233 g/mol. The molecule has 2 aromatic rings. The zero-order valence-electron chi connectivity index (χ0n) is 10.2. The SMILES string of the molecule is CCCC(c1cccs1)n1c(C)ccc1C. The van der Waals surface area contributed by atoms with Crippen LogP contribution in [0.4, 0.5) is 0 Å². The van der Waals surface area contributed by atoms with Crippen LogP contribution in [0.2, 0.25) is 0 Å². The zero-order chi connectivity index (χ0) is 11.5. The maximum Gasteiger partial charge on any atom is 0.0677 e. The summed E-state index contributed by atoms with van der Waals surface area (Å²) in [6.45, 7) is 6.65. The van der Waals surface area contributed by atoms with Gasteiger partial charge in [0.1, 0.15) is 0 Å². The van der Waals surface area contributed by atoms with E-state index in [0.29, 0.717) is 6.04 Å². The van der Waals surface area contributed by atoms with E-state index in [2.05, 4.69) is 55.0 Å². The molecule has 0 saturated carbocycles. The summed E-state index contributed by atoms with van der Waals surface area (Å²) in [4.78, 5) is 1.48. The van der Waals surface area contributed by atoms with Gasteiger partial charge in [0, 0.05) is 16.3 Å². The average Bonchev–Trinajstić information content (AvgIpc) is 2.87. The lowest BCUT2D eigenvalue weighted by molar-refractivity contribution is 0.523. The highest BCUT2D eigenvalue weighted by Gasteiger charge is 2.16. The Balaban J connectivity index is 2.40. The van der Waals surface area contributed by atoms with Gasteiger partial charge in [0.25, 0.3) is 0 Å². The van der Waals surface area contributed by atoms with Crippen molar-refractivity contribution in [2.75, 3.05) is 0 Å². The fourth-order valence-electron chi connectivity index (χ4n) is 2.32. The van der Waals surface area contributed by atoms with Crippen molar-refractivity contribution in [2.24, 2.45) is 0 Å². The molecule has 1 unspecified atom stereocenters. The van der Waals surface area contributed by atoms with Crippen molar-refractivity contribution in [2.45, 2.75) is 39.7 Å². The molecule has 2 heteroatoms. The van der Waals surface area contributed by atoms with Gasteiger partial charge in [0.15, 0.2) is 0 Å². The maximum atomic E-state index is 2.47. The number of aromatic nitrogens is 1. The molecular formula is C14H19NS. The van der Waals surface area contributed by atoms with E-state index in [4.69, 9.17) is 0 Å². The molecule has 0 N–H and O–H groups in total. The predicted octanol–water partition coefficient (Wildman–Crippen LogP) is 4.56. The molecule has 16 heavy (non-hydrogen) atoms. The number of hydrogen-bond acceptors (Lipinski definition) is 1. The van der Waals surface area contributed by atoms with Crippen molar-refractivity contribution in [1.29, 1.82) is 0 Å². The third-order valence-corrected chi connectivity index (χ3v) is 4.04. The van der Waals surface area contributed by atoms with Crippen LogP contribution in [-0.2, 0) is 0 Å². The van der Waals surface area contributed by atoms with E-state index in [1.165, 1.54) is 29.1 Å². The minimum atomic E-state index is 0.528. The molecule has 0 spiro atoms. The van der Waals surface area contributed by atoms with Crippen LogP contribution in [0.15, 0.2) is 29.6 Å². The summed E-state index contributed by atoms with van der Waals surface area (Å²) in [5.74, 6) is 0. The van der Waals surface area contributed by atoms with E-state index in [1.807, 2.05) is 11.3 Å². The van der Waals surface area contributed by atoms with Gasteiger partial charge in [-0.2, -0.15) is 0 Å². The van der Waals surface area contributed by atoms with E-state index in [9.17, 15) is 0 Å². The molecule has 0 bridgehead atoms. The second kappa shape index (κ2) is 4.88. The summed E-state index contributed by atoms with van der Waals surface area (Å²) < 4.78 is 2.47. The van der Waals surface area contributed by atoms with Crippen molar-refractivity contribution in [3.05, 3.63) is 45.9 Å². The number of nitrogens with zero attached hydrogens (tertiary/aromatic N) is 1. The van der Waals surface area contributed by atoms with Crippen LogP contribution in [0, 0.1) is 13.8 Å². The fourth-order valence-corrected chi connectivity index (χ4v) is 3.18. The number of rotatable bonds is 4. The third-order valence-electron chi connectivity index (χ3n) is 3.07. The minimum absolute atomic E-state index is 0.528. The summed E-state index contributed by atoms with van der Waals surface area (Å²) in [5, 5.41) is 2.17. The van der Waals surface area contributed by atoms with Gasteiger partial charge < -0.3 is 4.57 Å². The Morgan fingerprint density at radius 1 is 1.19 bits per heavy atom. The van der Waals surface area contributed by atoms with E-state index >= 15 is 0 Å². The molecule has 1 nitrogen and oxygen atoms in total. The summed E-state index contributed by atoms with van der Waals surface area (Å²) >= 11 is 1.87. The Hall–Kier alpha value is -1.02. The normalized spacial score (nSPS) is 12.9. The van der Waals surface area contributed by atoms with E-state index in [-0.39, 0.29) is 0 Å². The molecule has 0 saturated heterocycles. The topological polar surface area (TPSA) is 4.93 Å². The first-order chi connectivity index (χ1) is 7.74. The molecule has 2 aromatic heterocycles. The van der Waals surface area contributed by atoms with Crippen LogP contribution in [0.5, 0.6) is 0 Å². The molecule has 1 atom stereocenters. The Kier molecular flexibility index (Phi) is 3.49. The van der Waals surface area contributed by atoms with Gasteiger partial charge in [-0.15, -0.1) is 11.3 Å². The predicted molar refractivity (Wildman–Crippen MR) is 71.3 cm³/mol. The van der Waals surface area contributed by atoms with Crippen LogP contribution in [-0.4, -0.2) is 4.57 Å². The molecule has 0 aliphatic heterocycles. The van der Waals surface area contributed by atoms with Gasteiger partial charge in [-0.05, 0) is 43.8 Å². The second-order valence-electron chi connectivity index (χ2n) is 4.31. The van der Waals surface area contributed by atoms with Crippen LogP contribution in [0.1, 0.15) is 42.1 Å². The molecule has 0 radical (unpaired) electrons. The molecule has 0 aliphatic carbocycles. The molecule has 2 rings (SSSR count). The van der Waals surface area contributed by atoms with Gasteiger partial charge in [-0.1, -0.05) is 19.4 Å². The minimum Gasteiger partial charge on any atom is -0.341 e. The van der Waals surface area contributed by atoms with Gasteiger partial charge >= 0.3 is 0 Å². The van der Waals surface area contributed by atoms with Crippen molar-refractivity contribution < 1.29 is 0 Å². The highest BCUT2D eigenvalue weighted by molar-refractivity contribution is 7.10. The molecule has 2 heterocycles. The lowest BCUT2D eigenvalue weighted by atomic mass is 10.1. The van der Waals surface area contributed by atoms with Crippen LogP contribution in [0.25, 0.3) is 0 Å². The molecule has 0 fully saturated rings.